The summed E-state index contributed by atoms with van der Waals surface area (Å²) in [5.74, 6) is -0.750. The summed E-state index contributed by atoms with van der Waals surface area (Å²) in [6.07, 6.45) is 4.73. The van der Waals surface area contributed by atoms with Gasteiger partial charge in [-0.05, 0) is 12.8 Å². The van der Waals surface area contributed by atoms with E-state index < -0.39 is 12.0 Å². The number of carboxylic acid groups (broad SMARTS) is 1. The van der Waals surface area contributed by atoms with Gasteiger partial charge >= 0.3 is 5.97 Å². The van der Waals surface area contributed by atoms with Gasteiger partial charge in [-0.3, -0.25) is 9.59 Å². The van der Waals surface area contributed by atoms with Gasteiger partial charge < -0.3 is 15.7 Å². The molecule has 1 rings (SSSR count). The molecule has 0 saturated heterocycles. The van der Waals surface area contributed by atoms with E-state index in [2.05, 4.69) is 10.6 Å². The van der Waals surface area contributed by atoms with E-state index in [0.29, 0.717) is 6.41 Å². The Labute approximate surface area is 110 Å². The maximum Gasteiger partial charge on any atom is 0.327 e. The van der Waals surface area contributed by atoms with Gasteiger partial charge in [0.15, 0.2) is 0 Å². The van der Waals surface area contributed by atoms with Crippen LogP contribution in [0.25, 0.3) is 0 Å². The van der Waals surface area contributed by atoms with Gasteiger partial charge in [-0.25, -0.2) is 4.79 Å². The van der Waals surface area contributed by atoms with Gasteiger partial charge in [0.05, 0.1) is 5.75 Å². The van der Waals surface area contributed by atoms with Crippen LogP contribution in [0, 0.1) is 0 Å². The van der Waals surface area contributed by atoms with Crippen molar-refractivity contribution in [1.82, 2.24) is 10.6 Å². The first-order valence-electron chi connectivity index (χ1n) is 5.93. The van der Waals surface area contributed by atoms with Crippen molar-refractivity contribution < 1.29 is 19.5 Å². The Morgan fingerprint density at radius 1 is 1.39 bits per heavy atom. The normalized spacial score (nSPS) is 17.1. The largest absolute Gasteiger partial charge is 0.480 e. The summed E-state index contributed by atoms with van der Waals surface area (Å²) in [6.45, 7) is 0. The number of carbonyl (C=O) groups excluding carboxylic acids is 2. The standard InChI is InChI=1S/C11H18N2O4S/c14-7-12-9(11(16)17)5-18-6-10(15)13-8-3-1-2-4-8/h7-9H,1-6H2,(H,12,14)(H,13,15)(H,16,17). The lowest BCUT2D eigenvalue weighted by Gasteiger charge is -2.13. The highest BCUT2D eigenvalue weighted by atomic mass is 32.2. The summed E-state index contributed by atoms with van der Waals surface area (Å²) in [5, 5.41) is 13.9. The van der Waals surface area contributed by atoms with Crippen LogP contribution >= 0.6 is 11.8 Å². The highest BCUT2D eigenvalue weighted by molar-refractivity contribution is 8.00. The zero-order valence-electron chi connectivity index (χ0n) is 10.1. The summed E-state index contributed by atoms with van der Waals surface area (Å²) in [4.78, 5) is 32.4. The number of hydrogen-bond donors (Lipinski definition) is 3. The molecule has 0 radical (unpaired) electrons. The molecular weight excluding hydrogens is 256 g/mol. The number of thioether (sulfide) groups is 1. The van der Waals surface area contributed by atoms with Gasteiger partial charge in [0, 0.05) is 11.8 Å². The van der Waals surface area contributed by atoms with Crippen molar-refractivity contribution in [3.63, 3.8) is 0 Å². The SMILES string of the molecule is O=CNC(CSCC(=O)NC1CCCC1)C(=O)O. The molecule has 1 aliphatic carbocycles. The Bertz CT molecular complexity index is 305. The summed E-state index contributed by atoms with van der Waals surface area (Å²) in [7, 11) is 0. The van der Waals surface area contributed by atoms with Crippen LogP contribution in [0.5, 0.6) is 0 Å². The molecule has 1 fully saturated rings. The molecule has 1 unspecified atom stereocenters. The van der Waals surface area contributed by atoms with Gasteiger partial charge in [-0.2, -0.15) is 0 Å². The molecule has 1 aliphatic rings. The smallest absolute Gasteiger partial charge is 0.327 e. The minimum Gasteiger partial charge on any atom is -0.480 e. The Morgan fingerprint density at radius 3 is 2.61 bits per heavy atom. The predicted octanol–water partition coefficient (Wildman–Crippen LogP) is -0.0224. The average molecular weight is 274 g/mol. The number of hydrogen-bond acceptors (Lipinski definition) is 4. The van der Waals surface area contributed by atoms with Crippen LogP contribution in [-0.4, -0.2) is 47.0 Å². The van der Waals surface area contributed by atoms with Crippen LogP contribution in [0.4, 0.5) is 0 Å². The van der Waals surface area contributed by atoms with Crippen molar-refractivity contribution in [3.05, 3.63) is 0 Å². The predicted molar refractivity (Wildman–Crippen MR) is 68.3 cm³/mol. The fourth-order valence-electron chi connectivity index (χ4n) is 1.88. The minimum absolute atomic E-state index is 0.0675. The molecule has 0 aromatic carbocycles. The van der Waals surface area contributed by atoms with Crippen LogP contribution in [0.1, 0.15) is 25.7 Å². The van der Waals surface area contributed by atoms with Crippen molar-refractivity contribution >= 4 is 30.0 Å². The molecule has 0 heterocycles. The maximum atomic E-state index is 11.5. The molecular formula is C11H18N2O4S. The number of carboxylic acids is 1. The molecule has 102 valence electrons. The van der Waals surface area contributed by atoms with E-state index in [1.807, 2.05) is 0 Å². The van der Waals surface area contributed by atoms with Crippen molar-refractivity contribution in [3.8, 4) is 0 Å². The molecule has 0 aromatic rings. The van der Waals surface area contributed by atoms with Crippen LogP contribution in [0.3, 0.4) is 0 Å². The molecule has 1 saturated carbocycles. The van der Waals surface area contributed by atoms with E-state index >= 15 is 0 Å². The van der Waals surface area contributed by atoms with E-state index in [0.717, 1.165) is 25.7 Å². The Kier molecular flexibility index (Phi) is 6.56. The number of rotatable bonds is 8. The molecule has 0 spiro atoms. The van der Waals surface area contributed by atoms with Crippen LogP contribution in [0.15, 0.2) is 0 Å². The van der Waals surface area contributed by atoms with E-state index in [9.17, 15) is 14.4 Å². The summed E-state index contributed by atoms with van der Waals surface area (Å²) < 4.78 is 0. The van der Waals surface area contributed by atoms with Crippen molar-refractivity contribution in [2.24, 2.45) is 0 Å². The summed E-state index contributed by atoms with van der Waals surface area (Å²) in [6, 6.07) is -0.659. The highest BCUT2D eigenvalue weighted by Crippen LogP contribution is 2.17. The topological polar surface area (TPSA) is 95.5 Å². The third-order valence-electron chi connectivity index (χ3n) is 2.81. The number of nitrogens with one attached hydrogen (secondary N) is 2. The van der Waals surface area contributed by atoms with E-state index in [1.165, 1.54) is 11.8 Å². The quantitative estimate of drug-likeness (QED) is 0.541. The molecule has 7 heteroatoms. The van der Waals surface area contributed by atoms with Gasteiger partial charge in [0.1, 0.15) is 6.04 Å². The van der Waals surface area contributed by atoms with Crippen molar-refractivity contribution in [2.45, 2.75) is 37.8 Å². The van der Waals surface area contributed by atoms with E-state index in [4.69, 9.17) is 5.11 Å². The second-order valence-electron chi connectivity index (χ2n) is 4.24. The summed E-state index contributed by atoms with van der Waals surface area (Å²) in [5.41, 5.74) is 0. The number of carbonyl (C=O) groups is 3. The first-order valence-corrected chi connectivity index (χ1v) is 7.08. The molecule has 18 heavy (non-hydrogen) atoms. The Morgan fingerprint density at radius 2 is 2.06 bits per heavy atom. The second-order valence-corrected chi connectivity index (χ2v) is 5.27. The van der Waals surface area contributed by atoms with E-state index in [1.54, 1.807) is 0 Å². The first-order chi connectivity index (χ1) is 8.63. The lowest BCUT2D eigenvalue weighted by molar-refractivity contribution is -0.139. The second kappa shape index (κ2) is 7.97. The van der Waals surface area contributed by atoms with Crippen molar-refractivity contribution in [1.29, 1.82) is 0 Å². The average Bonchev–Trinajstić information content (AvgIpc) is 2.80. The molecule has 1 atom stereocenters. The number of aliphatic carboxylic acids is 1. The van der Waals surface area contributed by atoms with Crippen LogP contribution < -0.4 is 10.6 Å². The zero-order chi connectivity index (χ0) is 13.4. The number of amides is 2. The highest BCUT2D eigenvalue weighted by Gasteiger charge is 2.19. The monoisotopic (exact) mass is 274 g/mol. The molecule has 6 nitrogen and oxygen atoms in total. The molecule has 3 N–H and O–H groups in total. The van der Waals surface area contributed by atoms with Gasteiger partial charge in [0.25, 0.3) is 0 Å². The van der Waals surface area contributed by atoms with Crippen LogP contribution in [-0.2, 0) is 14.4 Å². The molecule has 0 aliphatic heterocycles. The third kappa shape index (κ3) is 5.39. The first kappa shape index (κ1) is 14.8. The lowest BCUT2D eigenvalue weighted by atomic mass is 10.2. The molecule has 0 aromatic heterocycles. The molecule has 0 bridgehead atoms. The third-order valence-corrected chi connectivity index (χ3v) is 3.84. The van der Waals surface area contributed by atoms with Gasteiger partial charge in [-0.15, -0.1) is 11.8 Å². The fraction of sp³-hybridized carbons (Fsp3) is 0.727. The fourth-order valence-corrected chi connectivity index (χ4v) is 2.74. The zero-order valence-corrected chi connectivity index (χ0v) is 10.9. The van der Waals surface area contributed by atoms with Gasteiger partial charge in [0.2, 0.25) is 12.3 Å². The lowest BCUT2D eigenvalue weighted by Crippen LogP contribution is -2.39. The van der Waals surface area contributed by atoms with Crippen molar-refractivity contribution in [2.75, 3.05) is 11.5 Å². The maximum absolute atomic E-state index is 11.5. The summed E-state index contributed by atoms with van der Waals surface area (Å²) >= 11 is 1.21. The molecule has 2 amide bonds. The van der Waals surface area contributed by atoms with Crippen LogP contribution in [0.2, 0.25) is 0 Å². The Balaban J connectivity index is 2.16. The van der Waals surface area contributed by atoms with E-state index in [-0.39, 0.29) is 23.5 Å². The minimum atomic E-state index is -1.09. The van der Waals surface area contributed by atoms with Gasteiger partial charge in [-0.1, -0.05) is 12.8 Å². The Hall–Kier alpha value is -1.24.